The first-order valence-corrected chi connectivity index (χ1v) is 9.80. The number of nitrogens with one attached hydrogen (secondary N) is 1. The van der Waals surface area contributed by atoms with E-state index in [0.717, 1.165) is 43.0 Å². The molecule has 0 spiro atoms. The maximum Gasteiger partial charge on any atom is 0.108 e. The number of halogens is 1. The lowest BCUT2D eigenvalue weighted by Crippen LogP contribution is -2.53. The van der Waals surface area contributed by atoms with Crippen LogP contribution in [0.5, 0.6) is 0 Å². The highest BCUT2D eigenvalue weighted by Gasteiger charge is 2.63. The van der Waals surface area contributed by atoms with Crippen molar-refractivity contribution in [2.75, 3.05) is 0 Å². The van der Waals surface area contributed by atoms with Crippen molar-refractivity contribution in [3.8, 4) is 0 Å². The van der Waals surface area contributed by atoms with E-state index in [1.807, 2.05) is 6.20 Å². The van der Waals surface area contributed by atoms with Crippen molar-refractivity contribution >= 4 is 10.9 Å². The molecule has 1 heterocycles. The number of aliphatic hydroxyl groups is 1. The molecule has 25 heavy (non-hydrogen) atoms. The van der Waals surface area contributed by atoms with Gasteiger partial charge in [0.1, 0.15) is 6.17 Å². The van der Waals surface area contributed by atoms with E-state index in [1.54, 1.807) is 0 Å². The fourth-order valence-electron chi connectivity index (χ4n) is 6.80. The van der Waals surface area contributed by atoms with E-state index >= 15 is 4.39 Å². The van der Waals surface area contributed by atoms with E-state index in [0.29, 0.717) is 18.3 Å². The summed E-state index contributed by atoms with van der Waals surface area (Å²) in [4.78, 5) is 0. The van der Waals surface area contributed by atoms with Crippen molar-refractivity contribution in [2.45, 2.75) is 70.1 Å². The van der Waals surface area contributed by atoms with Crippen LogP contribution in [0.2, 0.25) is 0 Å². The highest BCUT2D eigenvalue weighted by molar-refractivity contribution is 5.83. The second kappa shape index (κ2) is 5.06. The van der Waals surface area contributed by atoms with Crippen LogP contribution in [0.15, 0.2) is 18.3 Å². The van der Waals surface area contributed by atoms with Crippen LogP contribution >= 0.6 is 0 Å². The number of fused-ring (bicyclic) bond motifs is 7. The SMILES string of the molecule is CC[C@]1(O)CCC2C3CCc4c(ccc5[nH]ncc45)C3[C@@H](F)C[C@@]21C. The molecule has 0 bridgehead atoms. The van der Waals surface area contributed by atoms with Gasteiger partial charge in [-0.2, -0.15) is 5.10 Å². The smallest absolute Gasteiger partial charge is 0.108 e. The monoisotopic (exact) mass is 342 g/mol. The molecule has 5 rings (SSSR count). The largest absolute Gasteiger partial charge is 0.389 e. The van der Waals surface area contributed by atoms with Gasteiger partial charge in [0.15, 0.2) is 0 Å². The normalized spacial score (nSPS) is 42.9. The third-order valence-electron chi connectivity index (χ3n) is 8.18. The highest BCUT2D eigenvalue weighted by atomic mass is 19.1. The molecule has 1 aromatic heterocycles. The standard InChI is InChI=1S/C21H27FN2O/c1-3-21(25)9-8-16-14-5-4-12-13(6-7-18-15(12)11-23-24-18)19(14)17(22)10-20(16,21)2/h6-7,11,14,16-17,19,25H,3-5,8-10H2,1-2H3,(H,23,24)/t14?,16?,17-,19?,20-,21-/m0/s1. The van der Waals surface area contributed by atoms with E-state index in [9.17, 15) is 5.11 Å². The molecule has 2 fully saturated rings. The van der Waals surface area contributed by atoms with Crippen molar-refractivity contribution in [3.05, 3.63) is 29.5 Å². The lowest BCUT2D eigenvalue weighted by molar-refractivity contribution is -0.122. The van der Waals surface area contributed by atoms with Gasteiger partial charge in [-0.15, -0.1) is 0 Å². The van der Waals surface area contributed by atoms with Crippen LogP contribution in [0.4, 0.5) is 4.39 Å². The molecule has 6 atom stereocenters. The fraction of sp³-hybridized carbons (Fsp3) is 0.667. The van der Waals surface area contributed by atoms with Crippen molar-refractivity contribution in [1.82, 2.24) is 10.2 Å². The number of hydrogen-bond acceptors (Lipinski definition) is 2. The molecule has 0 amide bonds. The molecule has 3 unspecified atom stereocenters. The van der Waals surface area contributed by atoms with Crippen LogP contribution in [0.1, 0.15) is 63.0 Å². The molecule has 1 aromatic carbocycles. The fourth-order valence-corrected chi connectivity index (χ4v) is 6.80. The summed E-state index contributed by atoms with van der Waals surface area (Å²) in [6.45, 7) is 4.21. The van der Waals surface area contributed by atoms with Crippen LogP contribution < -0.4 is 0 Å². The lowest BCUT2D eigenvalue weighted by atomic mass is 9.52. The Hall–Kier alpha value is -1.42. The molecule has 2 saturated carbocycles. The van der Waals surface area contributed by atoms with Crippen molar-refractivity contribution < 1.29 is 9.50 Å². The quantitative estimate of drug-likeness (QED) is 0.801. The summed E-state index contributed by atoms with van der Waals surface area (Å²) >= 11 is 0. The number of rotatable bonds is 1. The second-order valence-corrected chi connectivity index (χ2v) is 8.86. The summed E-state index contributed by atoms with van der Waals surface area (Å²) in [5.41, 5.74) is 2.57. The maximum atomic E-state index is 15.6. The van der Waals surface area contributed by atoms with Gasteiger partial charge in [-0.25, -0.2) is 4.39 Å². The summed E-state index contributed by atoms with van der Waals surface area (Å²) in [5, 5.41) is 19.6. The van der Waals surface area contributed by atoms with Crippen LogP contribution in [0, 0.1) is 17.3 Å². The maximum absolute atomic E-state index is 15.6. The van der Waals surface area contributed by atoms with E-state index in [4.69, 9.17) is 0 Å². The average molecular weight is 342 g/mol. The number of aryl methyl sites for hydroxylation is 1. The van der Waals surface area contributed by atoms with E-state index < -0.39 is 11.8 Å². The minimum atomic E-state index is -0.870. The van der Waals surface area contributed by atoms with Crippen LogP contribution in [-0.2, 0) is 6.42 Å². The van der Waals surface area contributed by atoms with Gasteiger partial charge in [0.05, 0.1) is 17.3 Å². The van der Waals surface area contributed by atoms with Gasteiger partial charge in [-0.3, -0.25) is 5.10 Å². The Morgan fingerprint density at radius 1 is 1.36 bits per heavy atom. The average Bonchev–Trinajstić information content (AvgIpc) is 3.18. The molecular formula is C21H27FN2O. The summed E-state index contributed by atoms with van der Waals surface area (Å²) < 4.78 is 15.6. The minimum Gasteiger partial charge on any atom is -0.389 e. The van der Waals surface area contributed by atoms with E-state index in [-0.39, 0.29) is 11.3 Å². The van der Waals surface area contributed by atoms with Gasteiger partial charge in [-0.05, 0) is 67.6 Å². The summed E-state index contributed by atoms with van der Waals surface area (Å²) in [5.74, 6) is 0.772. The molecule has 4 heteroatoms. The number of hydrogen-bond donors (Lipinski definition) is 2. The predicted octanol–water partition coefficient (Wildman–Crippen LogP) is 4.51. The van der Waals surface area contributed by atoms with Crippen molar-refractivity contribution in [2.24, 2.45) is 17.3 Å². The first-order chi connectivity index (χ1) is 12.0. The second-order valence-electron chi connectivity index (χ2n) is 8.86. The van der Waals surface area contributed by atoms with E-state index in [1.165, 1.54) is 11.1 Å². The first kappa shape index (κ1) is 15.8. The zero-order valence-corrected chi connectivity index (χ0v) is 15.1. The third kappa shape index (κ3) is 1.87. The first-order valence-electron chi connectivity index (χ1n) is 9.80. The zero-order valence-electron chi connectivity index (χ0n) is 15.1. The van der Waals surface area contributed by atoms with Crippen molar-refractivity contribution in [1.29, 1.82) is 0 Å². The minimum absolute atomic E-state index is 0.0136. The van der Waals surface area contributed by atoms with E-state index in [2.05, 4.69) is 36.2 Å². The van der Waals surface area contributed by atoms with Gasteiger partial charge < -0.3 is 5.11 Å². The third-order valence-corrected chi connectivity index (χ3v) is 8.18. The molecule has 0 saturated heterocycles. The van der Waals surface area contributed by atoms with Crippen molar-refractivity contribution in [3.63, 3.8) is 0 Å². The Morgan fingerprint density at radius 2 is 2.20 bits per heavy atom. The van der Waals surface area contributed by atoms with Crippen LogP contribution in [0.25, 0.3) is 10.9 Å². The number of benzene rings is 1. The molecular weight excluding hydrogens is 315 g/mol. The van der Waals surface area contributed by atoms with Gasteiger partial charge in [0, 0.05) is 16.7 Å². The van der Waals surface area contributed by atoms with Gasteiger partial charge in [-0.1, -0.05) is 19.9 Å². The molecule has 3 aliphatic carbocycles. The lowest BCUT2D eigenvalue weighted by Gasteiger charge is -2.54. The number of nitrogens with zero attached hydrogens (tertiary/aromatic N) is 1. The number of aromatic amines is 1. The molecule has 3 aliphatic rings. The molecule has 134 valence electrons. The Labute approximate surface area is 148 Å². The molecule has 3 nitrogen and oxygen atoms in total. The highest BCUT2D eigenvalue weighted by Crippen LogP contribution is 2.65. The Morgan fingerprint density at radius 3 is 3.00 bits per heavy atom. The Bertz CT molecular complexity index is 832. The number of alkyl halides is 1. The Balaban J connectivity index is 1.61. The van der Waals surface area contributed by atoms with Crippen LogP contribution in [-0.4, -0.2) is 27.1 Å². The number of H-pyrrole nitrogens is 1. The predicted molar refractivity (Wildman–Crippen MR) is 96.2 cm³/mol. The molecule has 0 aliphatic heterocycles. The van der Waals surface area contributed by atoms with Gasteiger partial charge >= 0.3 is 0 Å². The topological polar surface area (TPSA) is 48.9 Å². The number of aromatic nitrogens is 2. The van der Waals surface area contributed by atoms with Crippen LogP contribution in [0.3, 0.4) is 0 Å². The molecule has 2 aromatic rings. The zero-order chi connectivity index (χ0) is 17.4. The summed E-state index contributed by atoms with van der Waals surface area (Å²) in [7, 11) is 0. The van der Waals surface area contributed by atoms with Gasteiger partial charge in [0.25, 0.3) is 0 Å². The molecule has 2 N–H and O–H groups in total. The Kier molecular flexibility index (Phi) is 3.20. The summed E-state index contributed by atoms with van der Waals surface area (Å²) in [6.07, 6.45) is 6.14. The van der Waals surface area contributed by atoms with Gasteiger partial charge in [0.2, 0.25) is 0 Å². The molecule has 0 radical (unpaired) electrons. The summed E-state index contributed by atoms with van der Waals surface area (Å²) in [6, 6.07) is 4.18.